The number of nitrogens with zero attached hydrogens (tertiary/aromatic N) is 1. The Hall–Kier alpha value is -2.60. The lowest BCUT2D eigenvalue weighted by Crippen LogP contribution is -2.44. The van der Waals surface area contributed by atoms with Crippen LogP contribution in [0.5, 0.6) is 0 Å². The molecule has 0 spiro atoms. The second-order valence-corrected chi connectivity index (χ2v) is 6.73. The molecule has 128 valence electrons. The maximum absolute atomic E-state index is 12.4. The first-order chi connectivity index (χ1) is 12.1. The fraction of sp³-hybridized carbons (Fsp3) is 0.211. The summed E-state index contributed by atoms with van der Waals surface area (Å²) in [7, 11) is 0. The van der Waals surface area contributed by atoms with E-state index in [4.69, 9.17) is 0 Å². The predicted molar refractivity (Wildman–Crippen MR) is 98.8 cm³/mol. The van der Waals surface area contributed by atoms with E-state index in [0.717, 1.165) is 11.1 Å². The molecule has 0 saturated heterocycles. The number of amides is 1. The predicted octanol–water partition coefficient (Wildman–Crippen LogP) is 2.69. The summed E-state index contributed by atoms with van der Waals surface area (Å²) in [5.41, 5.74) is 1.91. The van der Waals surface area contributed by atoms with E-state index in [1.807, 2.05) is 60.7 Å². The number of carboxylic acids is 1. The highest BCUT2D eigenvalue weighted by atomic mass is 32.2. The summed E-state index contributed by atoms with van der Waals surface area (Å²) in [6.45, 7) is 0. The molecule has 0 bridgehead atoms. The maximum Gasteiger partial charge on any atom is 0.326 e. The van der Waals surface area contributed by atoms with Crippen LogP contribution in [-0.4, -0.2) is 33.8 Å². The lowest BCUT2D eigenvalue weighted by molar-refractivity contribution is -0.140. The highest BCUT2D eigenvalue weighted by Crippen LogP contribution is 2.30. The Balaban J connectivity index is 1.66. The molecule has 0 fully saturated rings. The average molecular weight is 354 g/mol. The summed E-state index contributed by atoms with van der Waals surface area (Å²) in [5, 5.41) is 12.3. The van der Waals surface area contributed by atoms with Crippen molar-refractivity contribution in [3.05, 3.63) is 71.8 Å². The van der Waals surface area contributed by atoms with Gasteiger partial charge in [0.2, 0.25) is 0 Å². The number of hydrogen-bond acceptors (Lipinski definition) is 4. The van der Waals surface area contributed by atoms with Crippen LogP contribution in [0.25, 0.3) is 0 Å². The van der Waals surface area contributed by atoms with Gasteiger partial charge < -0.3 is 10.4 Å². The van der Waals surface area contributed by atoms with E-state index in [-0.39, 0.29) is 12.5 Å². The summed E-state index contributed by atoms with van der Waals surface area (Å²) in [4.78, 5) is 28.3. The van der Waals surface area contributed by atoms with Gasteiger partial charge in [0.05, 0.1) is 6.04 Å². The number of aliphatic imine (C=N–C) groups is 1. The molecule has 1 heterocycles. The van der Waals surface area contributed by atoms with Crippen LogP contribution in [0.4, 0.5) is 0 Å². The van der Waals surface area contributed by atoms with Crippen LogP contribution in [-0.2, 0) is 16.0 Å². The van der Waals surface area contributed by atoms with Crippen molar-refractivity contribution in [1.82, 2.24) is 5.32 Å². The lowest BCUT2D eigenvalue weighted by Gasteiger charge is -2.14. The fourth-order valence-corrected chi connectivity index (χ4v) is 3.59. The molecule has 2 aromatic rings. The van der Waals surface area contributed by atoms with Crippen LogP contribution in [0.15, 0.2) is 65.7 Å². The van der Waals surface area contributed by atoms with Crippen LogP contribution in [0.1, 0.15) is 17.2 Å². The van der Waals surface area contributed by atoms with E-state index >= 15 is 0 Å². The van der Waals surface area contributed by atoms with Gasteiger partial charge in [0, 0.05) is 12.2 Å². The fourth-order valence-electron chi connectivity index (χ4n) is 2.61. The van der Waals surface area contributed by atoms with E-state index in [9.17, 15) is 14.7 Å². The van der Waals surface area contributed by atoms with E-state index < -0.39 is 17.9 Å². The molecule has 0 aliphatic carbocycles. The Morgan fingerprint density at radius 2 is 1.76 bits per heavy atom. The van der Waals surface area contributed by atoms with Gasteiger partial charge in [0.25, 0.3) is 5.91 Å². The number of carboxylic acid groups (broad SMARTS) is 1. The zero-order valence-electron chi connectivity index (χ0n) is 13.5. The molecule has 2 atom stereocenters. The molecule has 2 N–H and O–H groups in total. The van der Waals surface area contributed by atoms with Crippen molar-refractivity contribution in [2.24, 2.45) is 4.99 Å². The summed E-state index contributed by atoms with van der Waals surface area (Å²) < 4.78 is 0. The number of carbonyl (C=O) groups excluding carboxylic acids is 1. The van der Waals surface area contributed by atoms with Crippen LogP contribution in [0.2, 0.25) is 0 Å². The topological polar surface area (TPSA) is 78.8 Å². The minimum absolute atomic E-state index is 0.0654. The zero-order chi connectivity index (χ0) is 17.6. The van der Waals surface area contributed by atoms with E-state index in [2.05, 4.69) is 10.3 Å². The quantitative estimate of drug-likeness (QED) is 0.836. The largest absolute Gasteiger partial charge is 0.480 e. The Morgan fingerprint density at radius 3 is 2.40 bits per heavy atom. The SMILES string of the molecule is O=C(NC(Cc1ccccc1)C(=O)O)C1=NC(c2ccccc2)CS1. The molecule has 0 saturated carbocycles. The van der Waals surface area contributed by atoms with Gasteiger partial charge in [-0.3, -0.25) is 9.79 Å². The molecule has 5 nitrogen and oxygen atoms in total. The van der Waals surface area contributed by atoms with Gasteiger partial charge in [-0.25, -0.2) is 4.79 Å². The van der Waals surface area contributed by atoms with Gasteiger partial charge in [0.15, 0.2) is 5.04 Å². The second-order valence-electron chi connectivity index (χ2n) is 5.73. The third-order valence-electron chi connectivity index (χ3n) is 3.92. The van der Waals surface area contributed by atoms with E-state index in [1.54, 1.807) is 0 Å². The van der Waals surface area contributed by atoms with Gasteiger partial charge in [-0.2, -0.15) is 0 Å². The van der Waals surface area contributed by atoms with Gasteiger partial charge in [-0.05, 0) is 11.1 Å². The molecular formula is C19H18N2O3S. The highest BCUT2D eigenvalue weighted by Gasteiger charge is 2.28. The third kappa shape index (κ3) is 4.48. The zero-order valence-corrected chi connectivity index (χ0v) is 14.3. The number of carbonyl (C=O) groups is 2. The van der Waals surface area contributed by atoms with Crippen molar-refractivity contribution in [1.29, 1.82) is 0 Å². The summed E-state index contributed by atoms with van der Waals surface area (Å²) in [5.74, 6) is -0.796. The molecule has 2 unspecified atom stereocenters. The Labute approximate surface area is 150 Å². The average Bonchev–Trinajstić information content (AvgIpc) is 3.13. The molecule has 2 aromatic carbocycles. The molecule has 1 amide bonds. The third-order valence-corrected chi connectivity index (χ3v) is 4.96. The van der Waals surface area contributed by atoms with Crippen molar-refractivity contribution in [3.8, 4) is 0 Å². The minimum atomic E-state index is -1.06. The van der Waals surface area contributed by atoms with Crippen molar-refractivity contribution >= 4 is 28.7 Å². The first kappa shape index (κ1) is 17.2. The van der Waals surface area contributed by atoms with Crippen molar-refractivity contribution in [2.45, 2.75) is 18.5 Å². The standard InChI is InChI=1S/C19H18N2O3S/c22-17(18-21-16(12-25-18)14-9-5-2-6-10-14)20-15(19(23)24)11-13-7-3-1-4-8-13/h1-10,15-16H,11-12H2,(H,20,22)(H,23,24). The second kappa shape index (κ2) is 7.98. The normalized spacial score (nSPS) is 17.6. The summed E-state index contributed by atoms with van der Waals surface area (Å²) >= 11 is 1.36. The number of aliphatic carboxylic acids is 1. The Bertz CT molecular complexity index is 778. The van der Waals surface area contributed by atoms with E-state index in [1.165, 1.54) is 11.8 Å². The lowest BCUT2D eigenvalue weighted by atomic mass is 10.1. The summed E-state index contributed by atoms with van der Waals surface area (Å²) in [6, 6.07) is 18.0. The smallest absolute Gasteiger partial charge is 0.326 e. The molecule has 3 rings (SSSR count). The monoisotopic (exact) mass is 354 g/mol. The Morgan fingerprint density at radius 1 is 1.12 bits per heavy atom. The van der Waals surface area contributed by atoms with Crippen LogP contribution in [0.3, 0.4) is 0 Å². The number of nitrogens with one attached hydrogen (secondary N) is 1. The van der Waals surface area contributed by atoms with Crippen LogP contribution in [0, 0.1) is 0 Å². The number of hydrogen-bond donors (Lipinski definition) is 2. The minimum Gasteiger partial charge on any atom is -0.480 e. The molecule has 25 heavy (non-hydrogen) atoms. The molecule has 0 radical (unpaired) electrons. The van der Waals surface area contributed by atoms with Crippen molar-refractivity contribution in [3.63, 3.8) is 0 Å². The van der Waals surface area contributed by atoms with Gasteiger partial charge in [-0.15, -0.1) is 0 Å². The maximum atomic E-state index is 12.4. The van der Waals surface area contributed by atoms with Crippen molar-refractivity contribution in [2.75, 3.05) is 5.75 Å². The van der Waals surface area contributed by atoms with Gasteiger partial charge in [-0.1, -0.05) is 72.4 Å². The first-order valence-corrected chi connectivity index (χ1v) is 8.95. The number of rotatable bonds is 6. The summed E-state index contributed by atoms with van der Waals surface area (Å²) in [6.07, 6.45) is 0.238. The number of thioether (sulfide) groups is 1. The van der Waals surface area contributed by atoms with E-state index in [0.29, 0.717) is 10.8 Å². The van der Waals surface area contributed by atoms with Gasteiger partial charge in [0.1, 0.15) is 6.04 Å². The molecule has 0 aromatic heterocycles. The highest BCUT2D eigenvalue weighted by molar-refractivity contribution is 8.16. The van der Waals surface area contributed by atoms with Gasteiger partial charge >= 0.3 is 5.97 Å². The van der Waals surface area contributed by atoms with Crippen molar-refractivity contribution < 1.29 is 14.7 Å². The van der Waals surface area contributed by atoms with Crippen LogP contribution < -0.4 is 5.32 Å². The van der Waals surface area contributed by atoms with Crippen LogP contribution >= 0.6 is 11.8 Å². The Kier molecular flexibility index (Phi) is 5.50. The molecule has 6 heteroatoms. The molecular weight excluding hydrogens is 336 g/mol. The molecule has 1 aliphatic heterocycles. The molecule has 1 aliphatic rings. The first-order valence-electron chi connectivity index (χ1n) is 7.96. The number of benzene rings is 2.